The number of benzene rings is 1. The Morgan fingerprint density at radius 1 is 1.28 bits per heavy atom. The maximum atomic E-state index is 11.1. The van der Waals surface area contributed by atoms with E-state index in [-0.39, 0.29) is 12.3 Å². The summed E-state index contributed by atoms with van der Waals surface area (Å²) in [5.74, 6) is 1.46. The minimum Gasteiger partial charge on any atom is -0.492 e. The van der Waals surface area contributed by atoms with Gasteiger partial charge in [0.2, 0.25) is 10.7 Å². The molecule has 2 heterocycles. The van der Waals surface area contributed by atoms with Gasteiger partial charge in [0.15, 0.2) is 6.67 Å². The Kier molecular flexibility index (Phi) is 7.27. The highest BCUT2D eigenvalue weighted by Crippen LogP contribution is 2.27. The second-order valence-electron chi connectivity index (χ2n) is 7.20. The van der Waals surface area contributed by atoms with Gasteiger partial charge in [-0.1, -0.05) is 12.1 Å². The van der Waals surface area contributed by atoms with E-state index in [2.05, 4.69) is 22.1 Å². The molecule has 29 heavy (non-hydrogen) atoms. The van der Waals surface area contributed by atoms with Crippen molar-refractivity contribution in [3.63, 3.8) is 0 Å². The molecule has 0 aliphatic carbocycles. The van der Waals surface area contributed by atoms with Crippen LogP contribution < -0.4 is 20.3 Å². The van der Waals surface area contributed by atoms with Crippen molar-refractivity contribution in [1.29, 1.82) is 0 Å². The van der Waals surface area contributed by atoms with E-state index in [1.54, 1.807) is 0 Å². The quantitative estimate of drug-likeness (QED) is 0.582. The van der Waals surface area contributed by atoms with Crippen LogP contribution in [0.5, 0.6) is 5.75 Å². The molecule has 3 N–H and O–H groups in total. The van der Waals surface area contributed by atoms with E-state index in [9.17, 15) is 4.79 Å². The van der Waals surface area contributed by atoms with Crippen LogP contribution in [0.1, 0.15) is 26.1 Å². The molecule has 0 unspecified atom stereocenters. The smallest absolute Gasteiger partial charge is 0.217 e. The molecule has 0 spiro atoms. The number of carbonyl (C=O) groups is 1. The summed E-state index contributed by atoms with van der Waals surface area (Å²) in [6.45, 7) is 10.1. The van der Waals surface area contributed by atoms with Crippen molar-refractivity contribution < 1.29 is 14.4 Å². The summed E-state index contributed by atoms with van der Waals surface area (Å²) in [5, 5.41) is 4.68. The van der Waals surface area contributed by atoms with Gasteiger partial charge in [-0.15, -0.1) is 0 Å². The number of piperazine rings is 1. The highest BCUT2D eigenvalue weighted by molar-refractivity contribution is 7.71. The second-order valence-corrected chi connectivity index (χ2v) is 7.57. The Balaban J connectivity index is 1.64. The summed E-state index contributed by atoms with van der Waals surface area (Å²) in [6.07, 6.45) is 0.813. The molecule has 0 atom stereocenters. The number of carbonyl (C=O) groups excluding carboxylic acids is 1. The molecule has 1 aromatic carbocycles. The zero-order chi connectivity index (χ0) is 20.8. The van der Waals surface area contributed by atoms with E-state index in [0.717, 1.165) is 56.7 Å². The largest absolute Gasteiger partial charge is 0.492 e. The Labute approximate surface area is 176 Å². The molecule has 2 aromatic rings. The number of para-hydroxylation sites is 2. The summed E-state index contributed by atoms with van der Waals surface area (Å²) in [7, 11) is 0. The van der Waals surface area contributed by atoms with Crippen molar-refractivity contribution in [2.75, 3.05) is 37.7 Å². The van der Waals surface area contributed by atoms with Gasteiger partial charge in [-0.05, 0) is 38.2 Å². The van der Waals surface area contributed by atoms with E-state index >= 15 is 0 Å². The number of nitrogens with one attached hydrogen (secondary N) is 1. The first-order valence-electron chi connectivity index (χ1n) is 10.3. The molecule has 0 bridgehead atoms. The molecule has 1 fully saturated rings. The Hall–Kier alpha value is -2.39. The molecule has 158 valence electrons. The van der Waals surface area contributed by atoms with Crippen LogP contribution in [0.2, 0.25) is 0 Å². The molecule has 3 rings (SSSR count). The summed E-state index contributed by atoms with van der Waals surface area (Å²) >= 11 is 5.61. The minimum absolute atomic E-state index is 0.288. The van der Waals surface area contributed by atoms with Gasteiger partial charge in [0.1, 0.15) is 11.6 Å². The van der Waals surface area contributed by atoms with Crippen LogP contribution in [0.4, 0.5) is 5.69 Å². The van der Waals surface area contributed by atoms with E-state index in [1.165, 1.54) is 4.90 Å². The molecular formula is C20H31N6O2S+. The Morgan fingerprint density at radius 2 is 2.00 bits per heavy atom. The molecule has 1 aromatic heterocycles. The van der Waals surface area contributed by atoms with Gasteiger partial charge in [0.05, 0.1) is 38.5 Å². The number of rotatable bonds is 9. The zero-order valence-corrected chi connectivity index (χ0v) is 18.1. The third-order valence-electron chi connectivity index (χ3n) is 5.26. The Bertz CT molecular complexity index is 885. The average molecular weight is 420 g/mol. The number of nitrogens with zero attached hydrogens (tertiary/aromatic N) is 4. The molecule has 8 nitrogen and oxygen atoms in total. The van der Waals surface area contributed by atoms with E-state index in [0.29, 0.717) is 17.8 Å². The predicted octanol–water partition coefficient (Wildman–Crippen LogP) is 0.613. The maximum Gasteiger partial charge on any atom is 0.217 e. The summed E-state index contributed by atoms with van der Waals surface area (Å²) in [4.78, 5) is 15.0. The van der Waals surface area contributed by atoms with E-state index in [4.69, 9.17) is 22.7 Å². The van der Waals surface area contributed by atoms with Gasteiger partial charge >= 0.3 is 0 Å². The van der Waals surface area contributed by atoms with E-state index < -0.39 is 0 Å². The number of aromatic nitrogens is 3. The SMILES string of the molecule is CCOc1ccccc1N1CC[NH+](Cn2nc(CCC(N)=O)n(CC)c2=S)CC1. The van der Waals surface area contributed by atoms with Crippen LogP contribution in [-0.2, 0) is 24.4 Å². The highest BCUT2D eigenvalue weighted by atomic mass is 32.1. The van der Waals surface area contributed by atoms with E-state index in [1.807, 2.05) is 35.2 Å². The van der Waals surface area contributed by atoms with Gasteiger partial charge in [-0.3, -0.25) is 4.79 Å². The molecule has 1 aliphatic rings. The number of anilines is 1. The van der Waals surface area contributed by atoms with Crippen LogP contribution in [0.25, 0.3) is 0 Å². The molecule has 0 saturated carbocycles. The lowest BCUT2D eigenvalue weighted by molar-refractivity contribution is -0.924. The van der Waals surface area contributed by atoms with Crippen molar-refractivity contribution in [2.24, 2.45) is 5.73 Å². The lowest BCUT2D eigenvalue weighted by Gasteiger charge is -2.34. The van der Waals surface area contributed by atoms with Crippen LogP contribution in [0.3, 0.4) is 0 Å². The minimum atomic E-state index is -0.317. The first-order valence-corrected chi connectivity index (χ1v) is 10.7. The number of nitrogens with two attached hydrogens (primary N) is 1. The van der Waals surface area contributed by atoms with Crippen LogP contribution in [-0.4, -0.2) is 53.0 Å². The molecule has 9 heteroatoms. The average Bonchev–Trinajstić information content (AvgIpc) is 3.02. The number of hydrogen-bond donors (Lipinski definition) is 2. The van der Waals surface area contributed by atoms with Gasteiger partial charge < -0.3 is 24.8 Å². The van der Waals surface area contributed by atoms with Crippen molar-refractivity contribution >= 4 is 23.8 Å². The summed E-state index contributed by atoms with van der Waals surface area (Å²) in [5.41, 5.74) is 6.45. The fourth-order valence-corrected chi connectivity index (χ4v) is 4.10. The third-order valence-corrected chi connectivity index (χ3v) is 5.69. The number of amides is 1. The lowest BCUT2D eigenvalue weighted by atomic mass is 10.2. The third kappa shape index (κ3) is 5.16. The number of primary amides is 1. The molecule has 1 saturated heterocycles. The second kappa shape index (κ2) is 9.89. The van der Waals surface area contributed by atoms with Crippen molar-refractivity contribution in [3.05, 3.63) is 34.9 Å². The normalized spacial score (nSPS) is 14.9. The Morgan fingerprint density at radius 3 is 2.66 bits per heavy atom. The standard InChI is InChI=1S/C20H30N6O2S/c1-3-25-19(10-9-18(21)27)22-26(20(25)29)15-23-11-13-24(14-12-23)16-7-5-6-8-17(16)28-4-2/h5-8H,3-4,9-15H2,1-2H3,(H2,21,27)/p+1. The first kappa shape index (κ1) is 21.3. The van der Waals surface area contributed by atoms with Gasteiger partial charge in [-0.25, -0.2) is 0 Å². The van der Waals surface area contributed by atoms with Crippen molar-refractivity contribution in [2.45, 2.75) is 39.9 Å². The summed E-state index contributed by atoms with van der Waals surface area (Å²) in [6, 6.07) is 8.22. The molecule has 0 radical (unpaired) electrons. The van der Waals surface area contributed by atoms with Gasteiger partial charge in [0, 0.05) is 19.4 Å². The zero-order valence-electron chi connectivity index (χ0n) is 17.3. The highest BCUT2D eigenvalue weighted by Gasteiger charge is 2.23. The van der Waals surface area contributed by atoms with Gasteiger partial charge in [-0.2, -0.15) is 9.78 Å². The fraction of sp³-hybridized carbons (Fsp3) is 0.550. The molecule has 1 aliphatic heterocycles. The topological polar surface area (TPSA) is 82.8 Å². The van der Waals surface area contributed by atoms with Crippen LogP contribution >= 0.6 is 12.2 Å². The summed E-state index contributed by atoms with van der Waals surface area (Å²) < 4.78 is 10.4. The van der Waals surface area contributed by atoms with Crippen LogP contribution in [0.15, 0.2) is 24.3 Å². The first-order chi connectivity index (χ1) is 14.0. The number of quaternary nitrogens is 1. The van der Waals surface area contributed by atoms with Crippen LogP contribution in [0, 0.1) is 4.77 Å². The number of ether oxygens (including phenoxy) is 1. The maximum absolute atomic E-state index is 11.1. The van der Waals surface area contributed by atoms with Crippen molar-refractivity contribution in [3.8, 4) is 5.75 Å². The predicted molar refractivity (Wildman–Crippen MR) is 115 cm³/mol. The molecular weight excluding hydrogens is 388 g/mol. The number of hydrogen-bond acceptors (Lipinski definition) is 5. The monoisotopic (exact) mass is 419 g/mol. The molecule has 1 amide bonds. The van der Waals surface area contributed by atoms with Crippen molar-refractivity contribution in [1.82, 2.24) is 14.3 Å². The van der Waals surface area contributed by atoms with Gasteiger partial charge in [0.25, 0.3) is 0 Å². The number of aryl methyl sites for hydroxylation is 1. The fourth-order valence-electron chi connectivity index (χ4n) is 3.76. The lowest BCUT2D eigenvalue weighted by Crippen LogP contribution is -3.14.